The van der Waals surface area contributed by atoms with Crippen molar-refractivity contribution in [3.63, 3.8) is 0 Å². The number of carbonyl (C=O) groups is 2. The Morgan fingerprint density at radius 1 is 1.16 bits per heavy atom. The SMILES string of the molecule is CCCC(=O)OCC(C)OC(=O)CCN(C)CCCC(O)P(=O)(O)O. The zero-order valence-electron chi connectivity index (χ0n) is 15.1. The number of nitrogens with zero attached hydrogens (tertiary/aromatic N) is 1. The summed E-state index contributed by atoms with van der Waals surface area (Å²) in [7, 11) is -2.70. The number of esters is 2. The van der Waals surface area contributed by atoms with Crippen molar-refractivity contribution in [3.8, 4) is 0 Å². The highest BCUT2D eigenvalue weighted by molar-refractivity contribution is 7.52. The molecule has 10 heteroatoms. The molecule has 25 heavy (non-hydrogen) atoms. The largest absolute Gasteiger partial charge is 0.462 e. The van der Waals surface area contributed by atoms with Crippen LogP contribution in [-0.2, 0) is 23.6 Å². The van der Waals surface area contributed by atoms with Crippen LogP contribution >= 0.6 is 7.60 Å². The molecule has 0 rings (SSSR count). The molecule has 3 N–H and O–H groups in total. The molecule has 0 amide bonds. The number of aliphatic hydroxyl groups excluding tert-OH is 1. The molecule has 0 aromatic carbocycles. The van der Waals surface area contributed by atoms with E-state index in [1.807, 2.05) is 6.92 Å². The lowest BCUT2D eigenvalue weighted by Gasteiger charge is -2.18. The summed E-state index contributed by atoms with van der Waals surface area (Å²) >= 11 is 0. The number of aliphatic hydroxyl groups is 1. The van der Waals surface area contributed by atoms with Gasteiger partial charge in [-0.2, -0.15) is 0 Å². The maximum Gasteiger partial charge on any atom is 0.353 e. The van der Waals surface area contributed by atoms with Gasteiger partial charge < -0.3 is 29.3 Å². The van der Waals surface area contributed by atoms with E-state index in [1.54, 1.807) is 18.9 Å². The van der Waals surface area contributed by atoms with Crippen molar-refractivity contribution >= 4 is 19.5 Å². The molecule has 0 aliphatic heterocycles. The predicted molar refractivity (Wildman–Crippen MR) is 90.8 cm³/mol. The van der Waals surface area contributed by atoms with E-state index in [9.17, 15) is 19.3 Å². The summed E-state index contributed by atoms with van der Waals surface area (Å²) in [6.45, 7) is 4.43. The Kier molecular flexibility index (Phi) is 11.9. The summed E-state index contributed by atoms with van der Waals surface area (Å²) in [6.07, 6.45) is 1.04. The van der Waals surface area contributed by atoms with E-state index in [1.165, 1.54) is 0 Å². The van der Waals surface area contributed by atoms with E-state index in [0.717, 1.165) is 0 Å². The van der Waals surface area contributed by atoms with Crippen LogP contribution in [0, 0.1) is 0 Å². The molecule has 2 atom stereocenters. The molecule has 2 unspecified atom stereocenters. The van der Waals surface area contributed by atoms with Gasteiger partial charge in [-0.15, -0.1) is 0 Å². The Labute approximate surface area is 148 Å². The van der Waals surface area contributed by atoms with Crippen LogP contribution in [-0.4, -0.2) is 70.4 Å². The molecule has 0 aromatic heterocycles. The third-order valence-corrected chi connectivity index (χ3v) is 4.39. The zero-order chi connectivity index (χ0) is 19.5. The fourth-order valence-corrected chi connectivity index (χ4v) is 2.43. The number of rotatable bonds is 13. The van der Waals surface area contributed by atoms with Crippen LogP contribution in [0.15, 0.2) is 0 Å². The highest BCUT2D eigenvalue weighted by atomic mass is 31.2. The molecule has 0 radical (unpaired) electrons. The first-order valence-electron chi connectivity index (χ1n) is 8.33. The Morgan fingerprint density at radius 3 is 2.36 bits per heavy atom. The first-order valence-corrected chi connectivity index (χ1v) is 10.0. The molecular weight excluding hydrogens is 353 g/mol. The Hall–Kier alpha value is -0.990. The summed E-state index contributed by atoms with van der Waals surface area (Å²) in [4.78, 5) is 42.3. The van der Waals surface area contributed by atoms with Crippen molar-refractivity contribution in [2.24, 2.45) is 0 Å². The zero-order valence-corrected chi connectivity index (χ0v) is 16.0. The molecule has 0 heterocycles. The first kappa shape index (κ1) is 24.0. The molecule has 148 valence electrons. The van der Waals surface area contributed by atoms with Crippen LogP contribution in [0.5, 0.6) is 0 Å². The normalized spacial score (nSPS) is 14.2. The van der Waals surface area contributed by atoms with Gasteiger partial charge in [0.1, 0.15) is 12.7 Å². The van der Waals surface area contributed by atoms with Crippen molar-refractivity contribution in [1.82, 2.24) is 4.90 Å². The molecule has 0 saturated heterocycles. The van der Waals surface area contributed by atoms with Crippen LogP contribution in [0.3, 0.4) is 0 Å². The minimum absolute atomic E-state index is 0.0147. The van der Waals surface area contributed by atoms with Gasteiger partial charge in [0.15, 0.2) is 5.85 Å². The number of hydrogen-bond acceptors (Lipinski definition) is 7. The van der Waals surface area contributed by atoms with Gasteiger partial charge in [0, 0.05) is 13.0 Å². The van der Waals surface area contributed by atoms with Crippen molar-refractivity contribution in [3.05, 3.63) is 0 Å². The van der Waals surface area contributed by atoms with E-state index >= 15 is 0 Å². The second-order valence-corrected chi connectivity index (χ2v) is 7.77. The first-order chi connectivity index (χ1) is 11.6. The third kappa shape index (κ3) is 12.9. The summed E-state index contributed by atoms with van der Waals surface area (Å²) < 4.78 is 20.9. The van der Waals surface area contributed by atoms with Gasteiger partial charge in [-0.3, -0.25) is 14.2 Å². The number of ether oxygens (including phenoxy) is 2. The fourth-order valence-electron chi connectivity index (χ4n) is 1.91. The average molecular weight is 383 g/mol. The van der Waals surface area contributed by atoms with E-state index in [4.69, 9.17) is 19.3 Å². The van der Waals surface area contributed by atoms with Gasteiger partial charge in [0.25, 0.3) is 0 Å². The fraction of sp³-hybridized carbons (Fsp3) is 0.867. The van der Waals surface area contributed by atoms with Gasteiger partial charge in [0.05, 0.1) is 6.42 Å². The van der Waals surface area contributed by atoms with Crippen molar-refractivity contribution < 1.29 is 38.5 Å². The topological polar surface area (TPSA) is 134 Å². The van der Waals surface area contributed by atoms with Crippen molar-refractivity contribution in [2.75, 3.05) is 26.7 Å². The quantitative estimate of drug-likeness (QED) is 0.313. The Morgan fingerprint density at radius 2 is 1.80 bits per heavy atom. The second-order valence-electron chi connectivity index (χ2n) is 6.00. The Balaban J connectivity index is 3.86. The standard InChI is InChI=1S/C15H30NO8P/c1-4-6-13(17)23-11-12(2)24-14(18)8-10-16(3)9-5-7-15(19)25(20,21)22/h12,15,19H,4-11H2,1-3H3,(H2,20,21,22). The van der Waals surface area contributed by atoms with Crippen LogP contribution in [0.1, 0.15) is 46.0 Å². The van der Waals surface area contributed by atoms with Crippen molar-refractivity contribution in [1.29, 1.82) is 0 Å². The van der Waals surface area contributed by atoms with Crippen LogP contribution < -0.4 is 0 Å². The molecule has 0 aliphatic carbocycles. The number of hydrogen-bond donors (Lipinski definition) is 3. The van der Waals surface area contributed by atoms with E-state index in [2.05, 4.69) is 0 Å². The van der Waals surface area contributed by atoms with Crippen LogP contribution in [0.25, 0.3) is 0 Å². The maximum absolute atomic E-state index is 11.7. The number of carbonyl (C=O) groups excluding carboxylic acids is 2. The highest BCUT2D eigenvalue weighted by Gasteiger charge is 2.25. The molecule has 0 bridgehead atoms. The molecule has 9 nitrogen and oxygen atoms in total. The lowest BCUT2D eigenvalue weighted by molar-refractivity contribution is -0.158. The van der Waals surface area contributed by atoms with Crippen LogP contribution in [0.4, 0.5) is 0 Å². The van der Waals surface area contributed by atoms with Gasteiger partial charge in [-0.05, 0) is 39.8 Å². The molecule has 0 saturated carbocycles. The molecule has 0 aliphatic rings. The lowest BCUT2D eigenvalue weighted by Crippen LogP contribution is -2.27. The predicted octanol–water partition coefficient (Wildman–Crippen LogP) is 0.860. The minimum Gasteiger partial charge on any atom is -0.462 e. The molecular formula is C15H30NO8P. The average Bonchev–Trinajstić information content (AvgIpc) is 2.50. The summed E-state index contributed by atoms with van der Waals surface area (Å²) in [5, 5.41) is 9.25. The van der Waals surface area contributed by atoms with E-state index in [0.29, 0.717) is 32.4 Å². The van der Waals surface area contributed by atoms with Gasteiger partial charge >= 0.3 is 19.5 Å². The van der Waals surface area contributed by atoms with E-state index < -0.39 is 25.5 Å². The third-order valence-electron chi connectivity index (χ3n) is 3.35. The van der Waals surface area contributed by atoms with Crippen molar-refractivity contribution in [2.45, 2.75) is 57.9 Å². The van der Waals surface area contributed by atoms with E-state index in [-0.39, 0.29) is 25.4 Å². The molecule has 0 fully saturated rings. The monoisotopic (exact) mass is 383 g/mol. The highest BCUT2D eigenvalue weighted by Crippen LogP contribution is 2.41. The smallest absolute Gasteiger partial charge is 0.353 e. The molecule has 0 aromatic rings. The van der Waals surface area contributed by atoms with Gasteiger partial charge in [-0.25, -0.2) is 0 Å². The molecule has 0 spiro atoms. The van der Waals surface area contributed by atoms with Gasteiger partial charge in [-0.1, -0.05) is 6.92 Å². The maximum atomic E-state index is 11.7. The van der Waals surface area contributed by atoms with Gasteiger partial charge in [0.2, 0.25) is 0 Å². The summed E-state index contributed by atoms with van der Waals surface area (Å²) in [5.41, 5.74) is 0. The minimum atomic E-state index is -4.46. The Bertz CT molecular complexity index is 453. The lowest BCUT2D eigenvalue weighted by atomic mass is 10.3. The second kappa shape index (κ2) is 12.4. The van der Waals surface area contributed by atoms with Crippen LogP contribution in [0.2, 0.25) is 0 Å². The summed E-state index contributed by atoms with van der Waals surface area (Å²) in [6, 6.07) is 0. The summed E-state index contributed by atoms with van der Waals surface area (Å²) in [5.74, 6) is -2.38.